The van der Waals surface area contributed by atoms with Crippen molar-refractivity contribution in [2.75, 3.05) is 0 Å². The molecule has 279 valence electrons. The van der Waals surface area contributed by atoms with E-state index < -0.39 is 8.07 Å². The largest absolute Gasteiger partial charge is 0.486 e. The van der Waals surface area contributed by atoms with Gasteiger partial charge in [-0.05, 0) is 82.8 Å². The number of nitrogens with zero attached hydrogens (tertiary/aromatic N) is 3. The van der Waals surface area contributed by atoms with E-state index >= 15 is 0 Å². The van der Waals surface area contributed by atoms with E-state index in [1.54, 1.807) is 10.8 Å². The van der Waals surface area contributed by atoms with E-state index in [0.717, 1.165) is 56.4 Å². The van der Waals surface area contributed by atoms with Gasteiger partial charge in [-0.25, -0.2) is 4.98 Å². The third-order valence-corrected chi connectivity index (χ3v) is 13.9. The third-order valence-electron chi connectivity index (χ3n) is 11.8. The van der Waals surface area contributed by atoms with Gasteiger partial charge < -0.3 is 14.4 Å². The minimum absolute atomic E-state index is 0. The predicted octanol–water partition coefficient (Wildman–Crippen LogP) is 12.3. The zero-order valence-corrected chi connectivity index (χ0v) is 36.1. The number of benzene rings is 2. The molecule has 2 saturated carbocycles. The summed E-state index contributed by atoms with van der Waals surface area (Å²) in [7, 11) is -1.35. The fourth-order valence-electron chi connectivity index (χ4n) is 8.57. The topological polar surface area (TPSA) is 51.8 Å². The van der Waals surface area contributed by atoms with Gasteiger partial charge in [-0.1, -0.05) is 115 Å². The summed E-state index contributed by atoms with van der Waals surface area (Å²) in [6, 6.07) is 29.9. The van der Waals surface area contributed by atoms with Crippen molar-refractivity contribution < 1.29 is 24.5 Å². The molecule has 0 spiro atoms. The van der Waals surface area contributed by atoms with Gasteiger partial charge >= 0.3 is 0 Å². The Morgan fingerprint density at radius 1 is 0.830 bits per heavy atom. The summed E-state index contributed by atoms with van der Waals surface area (Å²) in [5.41, 5.74) is 9.63. The first-order valence-corrected chi connectivity index (χ1v) is 23.2. The summed E-state index contributed by atoms with van der Waals surface area (Å²) in [5.74, 6) is 1.98. The van der Waals surface area contributed by atoms with E-state index in [1.807, 2.05) is 24.4 Å². The molecule has 4 nitrogen and oxygen atoms in total. The zero-order valence-electron chi connectivity index (χ0n) is 32.7. The van der Waals surface area contributed by atoms with Gasteiger partial charge in [0.05, 0.1) is 13.7 Å². The minimum atomic E-state index is -1.35. The molecule has 0 N–H and O–H groups in total. The molecule has 0 unspecified atom stereocenters. The van der Waals surface area contributed by atoms with Crippen molar-refractivity contribution >= 4 is 35.3 Å². The van der Waals surface area contributed by atoms with E-state index in [1.165, 1.54) is 63.4 Å². The molecule has 4 heterocycles. The molecule has 2 fully saturated rings. The first-order valence-electron chi connectivity index (χ1n) is 19.7. The van der Waals surface area contributed by atoms with Crippen LogP contribution in [0.15, 0.2) is 83.5 Å². The average molecular weight is 898 g/mol. The SMILES string of the molecule is CC(C)c1ccc2c(n1)oc1c(-c3cc(C(C)(C)C4CCCC4)ccn3)[c-]ccc12.C[Si](C)(C)c1cnc(-c2[c-]cccc2)cc1CC1CCCC1.[Ir]. The number of fused-ring (bicyclic) bond motifs is 3. The summed E-state index contributed by atoms with van der Waals surface area (Å²) in [4.78, 5) is 14.2. The van der Waals surface area contributed by atoms with Gasteiger partial charge in [0.2, 0.25) is 5.71 Å². The molecule has 4 aromatic heterocycles. The quantitative estimate of drug-likeness (QED) is 0.113. The summed E-state index contributed by atoms with van der Waals surface area (Å²) in [6.07, 6.45) is 16.3. The Kier molecular flexibility index (Phi) is 12.2. The van der Waals surface area contributed by atoms with Crippen LogP contribution in [0.4, 0.5) is 0 Å². The van der Waals surface area contributed by atoms with Gasteiger partial charge in [0.15, 0.2) is 0 Å². The number of hydrogen-bond acceptors (Lipinski definition) is 4. The van der Waals surface area contributed by atoms with Crippen LogP contribution in [0.25, 0.3) is 44.6 Å². The maximum atomic E-state index is 6.27. The Morgan fingerprint density at radius 2 is 1.58 bits per heavy atom. The maximum absolute atomic E-state index is 6.27. The number of pyridine rings is 3. The molecule has 8 rings (SSSR count). The standard InChI is InChI=1S/C27H29N2O.C20H26NSi.Ir/c1-17(2)23-13-12-21-20-10-7-11-22(25(20)30-26(21)29-23)24-16-19(14-15-28-24)27(3,4)18-8-5-6-9-18;1-22(2,3)20-15-21-19(17-11-5-4-6-12-17)14-18(20)13-16-9-7-8-10-16;/h7,10,12-18H,5-6,8-9H2,1-4H3;4-6,11,14-16H,7-10,13H2,1-3H3;/q2*-1;. The predicted molar refractivity (Wildman–Crippen MR) is 220 cm³/mol. The number of hydrogen-bond donors (Lipinski definition) is 0. The molecule has 6 heteroatoms. The second kappa shape index (κ2) is 16.5. The first-order chi connectivity index (χ1) is 25.0. The van der Waals surface area contributed by atoms with Crippen LogP contribution in [0.2, 0.25) is 19.6 Å². The molecule has 0 saturated heterocycles. The van der Waals surface area contributed by atoms with E-state index in [9.17, 15) is 0 Å². The molecule has 2 aromatic carbocycles. The fourth-order valence-corrected chi connectivity index (χ4v) is 10.2. The van der Waals surface area contributed by atoms with Crippen molar-refractivity contribution in [3.63, 3.8) is 0 Å². The Hall–Kier alpha value is -3.44. The first kappa shape index (κ1) is 39.3. The molecule has 2 aliphatic rings. The monoisotopic (exact) mass is 898 g/mol. The Bertz CT molecular complexity index is 2140. The minimum Gasteiger partial charge on any atom is -0.486 e. The van der Waals surface area contributed by atoms with E-state index in [0.29, 0.717) is 11.6 Å². The van der Waals surface area contributed by atoms with Crippen LogP contribution in [0.3, 0.4) is 0 Å². The zero-order chi connectivity index (χ0) is 36.5. The van der Waals surface area contributed by atoms with Crippen molar-refractivity contribution in [1.82, 2.24) is 15.0 Å². The number of rotatable bonds is 8. The van der Waals surface area contributed by atoms with Crippen molar-refractivity contribution in [3.05, 3.63) is 108 Å². The van der Waals surface area contributed by atoms with Crippen LogP contribution in [0.5, 0.6) is 0 Å². The van der Waals surface area contributed by atoms with Crippen LogP contribution in [0.1, 0.15) is 102 Å². The third kappa shape index (κ3) is 8.61. The van der Waals surface area contributed by atoms with E-state index in [-0.39, 0.29) is 25.5 Å². The van der Waals surface area contributed by atoms with Crippen molar-refractivity contribution in [1.29, 1.82) is 0 Å². The fraction of sp³-hybridized carbons (Fsp3) is 0.426. The van der Waals surface area contributed by atoms with Gasteiger partial charge in [0.25, 0.3) is 0 Å². The molecular weight excluding hydrogens is 843 g/mol. The van der Waals surface area contributed by atoms with Crippen molar-refractivity contribution in [2.24, 2.45) is 11.8 Å². The van der Waals surface area contributed by atoms with Crippen LogP contribution >= 0.6 is 0 Å². The van der Waals surface area contributed by atoms with Gasteiger partial charge in [-0.3, -0.25) is 0 Å². The molecule has 0 atom stereocenters. The van der Waals surface area contributed by atoms with E-state index in [2.05, 4.69) is 114 Å². The second-order valence-electron chi connectivity index (χ2n) is 17.2. The summed E-state index contributed by atoms with van der Waals surface area (Å²) in [5, 5.41) is 3.66. The number of furan rings is 1. The van der Waals surface area contributed by atoms with Crippen molar-refractivity contribution in [3.8, 4) is 22.5 Å². The molecule has 0 aliphatic heterocycles. The molecule has 0 amide bonds. The molecular formula is C47H55IrN3OSi-2. The van der Waals surface area contributed by atoms with Gasteiger partial charge in [-0.2, -0.15) is 0 Å². The van der Waals surface area contributed by atoms with E-state index in [4.69, 9.17) is 19.4 Å². The van der Waals surface area contributed by atoms with Crippen LogP contribution in [0, 0.1) is 24.0 Å². The smallest absolute Gasteiger partial charge is 0.216 e. The molecule has 1 radical (unpaired) electrons. The second-order valence-corrected chi connectivity index (χ2v) is 22.2. The molecule has 53 heavy (non-hydrogen) atoms. The normalized spacial score (nSPS) is 15.5. The van der Waals surface area contributed by atoms with Gasteiger partial charge in [0, 0.05) is 43.6 Å². The Morgan fingerprint density at radius 3 is 2.28 bits per heavy atom. The van der Waals surface area contributed by atoms with Gasteiger partial charge in [-0.15, -0.1) is 54.1 Å². The molecule has 0 bridgehead atoms. The number of aromatic nitrogens is 3. The van der Waals surface area contributed by atoms with Crippen LogP contribution in [-0.2, 0) is 31.9 Å². The Labute approximate surface area is 332 Å². The Balaban J connectivity index is 0.000000187. The molecule has 6 aromatic rings. The summed E-state index contributed by atoms with van der Waals surface area (Å²) < 4.78 is 6.27. The molecule has 2 aliphatic carbocycles. The summed E-state index contributed by atoms with van der Waals surface area (Å²) in [6.45, 7) is 16.3. The maximum Gasteiger partial charge on any atom is 0.216 e. The summed E-state index contributed by atoms with van der Waals surface area (Å²) >= 11 is 0. The average Bonchev–Trinajstić information content (AvgIpc) is 3.94. The van der Waals surface area contributed by atoms with Crippen LogP contribution < -0.4 is 5.19 Å². The van der Waals surface area contributed by atoms with Crippen LogP contribution in [-0.4, -0.2) is 23.0 Å². The van der Waals surface area contributed by atoms with Crippen molar-refractivity contribution in [2.45, 2.75) is 116 Å². The van der Waals surface area contributed by atoms with Gasteiger partial charge in [0.1, 0.15) is 0 Å².